The minimum Gasteiger partial charge on any atom is -0.481 e. The molecule has 0 spiro atoms. The molecule has 0 aromatic carbocycles. The Labute approximate surface area is 107 Å². The number of likely N-dealkylation sites (tertiary alicyclic amines) is 1. The Hall–Kier alpha value is -1.10. The first-order valence-corrected chi connectivity index (χ1v) is 6.76. The Morgan fingerprint density at radius 1 is 1.28 bits per heavy atom. The van der Waals surface area contributed by atoms with Crippen molar-refractivity contribution in [2.75, 3.05) is 13.1 Å². The molecule has 2 aliphatic rings. The van der Waals surface area contributed by atoms with Gasteiger partial charge >= 0.3 is 5.97 Å². The smallest absolute Gasteiger partial charge is 0.308 e. The topological polar surface area (TPSA) is 83.6 Å². The highest BCUT2D eigenvalue weighted by atomic mass is 16.4. The standard InChI is InChI=1S/C13H22N2O3/c1-8-6-15(7-11(8)13(17)18)12(16)9-3-2-4-10(14)5-9/h8-11H,2-7,14H2,1H3,(H,17,18). The van der Waals surface area contributed by atoms with Gasteiger partial charge in [-0.1, -0.05) is 13.3 Å². The van der Waals surface area contributed by atoms with Crippen LogP contribution in [0.5, 0.6) is 0 Å². The zero-order valence-corrected chi connectivity index (χ0v) is 10.8. The second-order valence-electron chi connectivity index (χ2n) is 5.79. The van der Waals surface area contributed by atoms with E-state index < -0.39 is 11.9 Å². The highest BCUT2D eigenvalue weighted by Crippen LogP contribution is 2.29. The molecule has 1 aliphatic heterocycles. The molecular weight excluding hydrogens is 232 g/mol. The summed E-state index contributed by atoms with van der Waals surface area (Å²) >= 11 is 0. The number of carbonyl (C=O) groups is 2. The van der Waals surface area contributed by atoms with Crippen LogP contribution >= 0.6 is 0 Å². The van der Waals surface area contributed by atoms with E-state index in [4.69, 9.17) is 10.8 Å². The van der Waals surface area contributed by atoms with E-state index in [1.54, 1.807) is 4.90 Å². The van der Waals surface area contributed by atoms with Gasteiger partial charge in [-0.15, -0.1) is 0 Å². The fourth-order valence-corrected chi connectivity index (χ4v) is 3.18. The first kappa shape index (κ1) is 13.3. The second kappa shape index (κ2) is 5.26. The molecule has 18 heavy (non-hydrogen) atoms. The zero-order valence-electron chi connectivity index (χ0n) is 10.8. The number of hydrogen-bond acceptors (Lipinski definition) is 3. The van der Waals surface area contributed by atoms with Gasteiger partial charge in [0.1, 0.15) is 0 Å². The number of nitrogens with zero attached hydrogens (tertiary/aromatic N) is 1. The maximum Gasteiger partial charge on any atom is 0.308 e. The van der Waals surface area contributed by atoms with E-state index in [2.05, 4.69) is 0 Å². The molecule has 102 valence electrons. The van der Waals surface area contributed by atoms with Crippen molar-refractivity contribution < 1.29 is 14.7 Å². The lowest BCUT2D eigenvalue weighted by Gasteiger charge is -2.29. The molecule has 5 heteroatoms. The molecule has 1 saturated heterocycles. The summed E-state index contributed by atoms with van der Waals surface area (Å²) in [6.07, 6.45) is 3.65. The number of carboxylic acid groups (broad SMARTS) is 1. The lowest BCUT2D eigenvalue weighted by molar-refractivity contribution is -0.142. The van der Waals surface area contributed by atoms with E-state index in [1.165, 1.54) is 0 Å². The van der Waals surface area contributed by atoms with Crippen LogP contribution < -0.4 is 5.73 Å². The van der Waals surface area contributed by atoms with Crippen molar-refractivity contribution in [2.24, 2.45) is 23.5 Å². The van der Waals surface area contributed by atoms with Crippen LogP contribution in [0.1, 0.15) is 32.6 Å². The number of amides is 1. The van der Waals surface area contributed by atoms with Crippen LogP contribution in [-0.4, -0.2) is 41.0 Å². The van der Waals surface area contributed by atoms with Crippen molar-refractivity contribution in [3.8, 4) is 0 Å². The summed E-state index contributed by atoms with van der Waals surface area (Å²) in [5, 5.41) is 9.08. The van der Waals surface area contributed by atoms with E-state index in [-0.39, 0.29) is 23.8 Å². The molecule has 0 aromatic heterocycles. The number of aliphatic carboxylic acids is 1. The lowest BCUT2D eigenvalue weighted by atomic mass is 9.85. The van der Waals surface area contributed by atoms with E-state index in [9.17, 15) is 9.59 Å². The molecule has 0 aromatic rings. The predicted molar refractivity (Wildman–Crippen MR) is 66.8 cm³/mol. The van der Waals surface area contributed by atoms with Crippen molar-refractivity contribution in [3.05, 3.63) is 0 Å². The summed E-state index contributed by atoms with van der Waals surface area (Å²) in [4.78, 5) is 25.1. The van der Waals surface area contributed by atoms with Crippen LogP contribution in [0.25, 0.3) is 0 Å². The molecule has 1 heterocycles. The Morgan fingerprint density at radius 2 is 2.00 bits per heavy atom. The monoisotopic (exact) mass is 254 g/mol. The maximum absolute atomic E-state index is 12.3. The predicted octanol–water partition coefficient (Wildman–Crippen LogP) is 0.683. The molecule has 3 N–H and O–H groups in total. The van der Waals surface area contributed by atoms with Gasteiger partial charge < -0.3 is 15.7 Å². The van der Waals surface area contributed by atoms with Crippen LogP contribution in [-0.2, 0) is 9.59 Å². The average molecular weight is 254 g/mol. The number of nitrogens with two attached hydrogens (primary N) is 1. The fraction of sp³-hybridized carbons (Fsp3) is 0.846. The number of rotatable bonds is 2. The lowest BCUT2D eigenvalue weighted by Crippen LogP contribution is -2.40. The van der Waals surface area contributed by atoms with Gasteiger partial charge in [0.05, 0.1) is 5.92 Å². The zero-order chi connectivity index (χ0) is 13.3. The van der Waals surface area contributed by atoms with Crippen molar-refractivity contribution in [2.45, 2.75) is 38.6 Å². The van der Waals surface area contributed by atoms with Crippen LogP contribution in [0.15, 0.2) is 0 Å². The normalized spacial score (nSPS) is 36.7. The first-order valence-electron chi connectivity index (χ1n) is 6.76. The summed E-state index contributed by atoms with van der Waals surface area (Å²) in [7, 11) is 0. The largest absolute Gasteiger partial charge is 0.481 e. The van der Waals surface area contributed by atoms with Gasteiger partial charge in [-0.05, 0) is 25.2 Å². The molecule has 2 rings (SSSR count). The average Bonchev–Trinajstić information content (AvgIpc) is 2.70. The molecule has 1 amide bonds. The van der Waals surface area contributed by atoms with Gasteiger partial charge in [-0.25, -0.2) is 0 Å². The fourth-order valence-electron chi connectivity index (χ4n) is 3.18. The van der Waals surface area contributed by atoms with Gasteiger partial charge in [0, 0.05) is 25.0 Å². The van der Waals surface area contributed by atoms with Crippen molar-refractivity contribution in [1.82, 2.24) is 4.90 Å². The van der Waals surface area contributed by atoms with Crippen molar-refractivity contribution >= 4 is 11.9 Å². The van der Waals surface area contributed by atoms with Gasteiger partial charge in [0.15, 0.2) is 0 Å². The van der Waals surface area contributed by atoms with E-state index in [0.717, 1.165) is 25.7 Å². The van der Waals surface area contributed by atoms with E-state index in [1.807, 2.05) is 6.92 Å². The highest BCUT2D eigenvalue weighted by molar-refractivity contribution is 5.81. The molecule has 5 nitrogen and oxygen atoms in total. The van der Waals surface area contributed by atoms with Crippen LogP contribution in [0.4, 0.5) is 0 Å². The van der Waals surface area contributed by atoms with E-state index in [0.29, 0.717) is 13.1 Å². The SMILES string of the molecule is CC1CN(C(=O)C2CCCC(N)C2)CC1C(=O)O. The molecule has 1 saturated carbocycles. The van der Waals surface area contributed by atoms with Gasteiger partial charge in [0.2, 0.25) is 5.91 Å². The molecule has 2 fully saturated rings. The Balaban J connectivity index is 1.96. The Bertz CT molecular complexity index is 345. The summed E-state index contributed by atoms with van der Waals surface area (Å²) in [5.74, 6) is -1.04. The molecule has 0 radical (unpaired) electrons. The minimum absolute atomic E-state index is 0.00787. The summed E-state index contributed by atoms with van der Waals surface area (Å²) in [5.41, 5.74) is 5.90. The Kier molecular flexibility index (Phi) is 3.90. The Morgan fingerprint density at radius 3 is 2.56 bits per heavy atom. The van der Waals surface area contributed by atoms with Crippen LogP contribution in [0.3, 0.4) is 0 Å². The second-order valence-corrected chi connectivity index (χ2v) is 5.79. The third kappa shape index (κ3) is 2.66. The molecule has 1 aliphatic carbocycles. The molecular formula is C13H22N2O3. The molecule has 4 atom stereocenters. The maximum atomic E-state index is 12.3. The summed E-state index contributed by atoms with van der Waals surface area (Å²) < 4.78 is 0. The third-order valence-corrected chi connectivity index (χ3v) is 4.31. The number of carboxylic acids is 1. The van der Waals surface area contributed by atoms with Gasteiger partial charge in [0.25, 0.3) is 0 Å². The minimum atomic E-state index is -0.793. The number of hydrogen-bond donors (Lipinski definition) is 2. The van der Waals surface area contributed by atoms with Gasteiger partial charge in [-0.2, -0.15) is 0 Å². The summed E-state index contributed by atoms with van der Waals surface area (Å²) in [6.45, 7) is 2.83. The summed E-state index contributed by atoms with van der Waals surface area (Å²) in [6, 6.07) is 0.128. The van der Waals surface area contributed by atoms with E-state index >= 15 is 0 Å². The first-order chi connectivity index (χ1) is 8.49. The van der Waals surface area contributed by atoms with Crippen LogP contribution in [0.2, 0.25) is 0 Å². The molecule has 4 unspecified atom stereocenters. The van der Waals surface area contributed by atoms with Crippen molar-refractivity contribution in [3.63, 3.8) is 0 Å². The quantitative estimate of drug-likeness (QED) is 0.759. The molecule has 0 bridgehead atoms. The van der Waals surface area contributed by atoms with Gasteiger partial charge in [-0.3, -0.25) is 9.59 Å². The van der Waals surface area contributed by atoms with Crippen LogP contribution in [0, 0.1) is 17.8 Å². The number of carbonyl (C=O) groups excluding carboxylic acids is 1. The third-order valence-electron chi connectivity index (χ3n) is 4.31. The highest BCUT2D eigenvalue weighted by Gasteiger charge is 2.39. The van der Waals surface area contributed by atoms with Crippen molar-refractivity contribution in [1.29, 1.82) is 0 Å².